The number of nitrogens with zero attached hydrogens (tertiary/aromatic N) is 1. The van der Waals surface area contributed by atoms with Crippen LogP contribution in [-0.4, -0.2) is 19.8 Å². The van der Waals surface area contributed by atoms with Gasteiger partial charge < -0.3 is 4.52 Å². The van der Waals surface area contributed by atoms with Gasteiger partial charge in [0.15, 0.2) is 9.84 Å². The highest BCUT2D eigenvalue weighted by atomic mass is 32.2. The van der Waals surface area contributed by atoms with Crippen LogP contribution in [0.25, 0.3) is 11.3 Å². The summed E-state index contributed by atoms with van der Waals surface area (Å²) in [6, 6.07) is 9.41. The van der Waals surface area contributed by atoms with Crippen LogP contribution in [0.2, 0.25) is 0 Å². The third-order valence-corrected chi connectivity index (χ3v) is 3.25. The zero-order valence-corrected chi connectivity index (χ0v) is 10.5. The van der Waals surface area contributed by atoms with Gasteiger partial charge in [0.25, 0.3) is 0 Å². The topological polar surface area (TPSA) is 60.2 Å². The highest BCUT2D eigenvalue weighted by Crippen LogP contribution is 2.26. The average molecular weight is 251 g/mol. The Hall–Kier alpha value is -1.62. The molecule has 0 atom stereocenters. The SMILES string of the molecule is Cc1onc(-c2ccccc2)c1CS(C)(=O)=O. The van der Waals surface area contributed by atoms with Crippen molar-refractivity contribution >= 4 is 9.84 Å². The maximum atomic E-state index is 11.4. The maximum absolute atomic E-state index is 11.4. The van der Waals surface area contributed by atoms with Crippen molar-refractivity contribution < 1.29 is 12.9 Å². The van der Waals surface area contributed by atoms with Crippen molar-refractivity contribution in [1.29, 1.82) is 0 Å². The van der Waals surface area contributed by atoms with E-state index in [2.05, 4.69) is 5.16 Å². The molecule has 0 saturated carbocycles. The van der Waals surface area contributed by atoms with Gasteiger partial charge >= 0.3 is 0 Å². The highest BCUT2D eigenvalue weighted by Gasteiger charge is 2.18. The minimum absolute atomic E-state index is 0.0490. The first kappa shape index (κ1) is 11.9. The zero-order valence-electron chi connectivity index (χ0n) is 9.67. The van der Waals surface area contributed by atoms with Gasteiger partial charge in [-0.15, -0.1) is 0 Å². The fourth-order valence-corrected chi connectivity index (χ4v) is 2.51. The molecule has 0 amide bonds. The minimum atomic E-state index is -3.10. The van der Waals surface area contributed by atoms with E-state index in [-0.39, 0.29) is 5.75 Å². The number of hydrogen-bond donors (Lipinski definition) is 0. The Bertz CT molecular complexity index is 614. The molecule has 1 aromatic carbocycles. The zero-order chi connectivity index (χ0) is 12.5. The molecule has 0 aliphatic rings. The molecular formula is C12H13NO3S. The van der Waals surface area contributed by atoms with Crippen LogP contribution in [0.4, 0.5) is 0 Å². The van der Waals surface area contributed by atoms with Crippen LogP contribution in [0.3, 0.4) is 0 Å². The van der Waals surface area contributed by atoms with Gasteiger partial charge in [0.2, 0.25) is 0 Å². The van der Waals surface area contributed by atoms with Crippen molar-refractivity contribution in [2.24, 2.45) is 0 Å². The first-order valence-corrected chi connectivity index (χ1v) is 7.22. The molecule has 0 N–H and O–H groups in total. The van der Waals surface area contributed by atoms with Gasteiger partial charge in [0, 0.05) is 17.4 Å². The highest BCUT2D eigenvalue weighted by molar-refractivity contribution is 7.89. The minimum Gasteiger partial charge on any atom is -0.361 e. The van der Waals surface area contributed by atoms with Gasteiger partial charge in [-0.25, -0.2) is 8.42 Å². The largest absolute Gasteiger partial charge is 0.361 e. The van der Waals surface area contributed by atoms with Crippen LogP contribution in [0.5, 0.6) is 0 Å². The molecule has 17 heavy (non-hydrogen) atoms. The van der Waals surface area contributed by atoms with Crippen molar-refractivity contribution in [1.82, 2.24) is 5.16 Å². The molecule has 0 spiro atoms. The van der Waals surface area contributed by atoms with E-state index in [1.807, 2.05) is 30.3 Å². The second-order valence-electron chi connectivity index (χ2n) is 4.00. The smallest absolute Gasteiger partial charge is 0.151 e. The summed E-state index contributed by atoms with van der Waals surface area (Å²) >= 11 is 0. The molecular weight excluding hydrogens is 238 g/mol. The summed E-state index contributed by atoms with van der Waals surface area (Å²) < 4.78 is 27.8. The van der Waals surface area contributed by atoms with E-state index in [4.69, 9.17) is 4.52 Å². The van der Waals surface area contributed by atoms with Crippen molar-refractivity contribution in [2.75, 3.05) is 6.26 Å². The fourth-order valence-electron chi connectivity index (χ4n) is 1.65. The first-order chi connectivity index (χ1) is 7.97. The Balaban J connectivity index is 2.50. The predicted molar refractivity (Wildman–Crippen MR) is 65.2 cm³/mol. The van der Waals surface area contributed by atoms with Crippen molar-refractivity contribution in [3.05, 3.63) is 41.7 Å². The van der Waals surface area contributed by atoms with E-state index in [1.54, 1.807) is 6.92 Å². The summed E-state index contributed by atoms with van der Waals surface area (Å²) in [5, 5.41) is 3.93. The second-order valence-corrected chi connectivity index (χ2v) is 6.14. The van der Waals surface area contributed by atoms with Crippen LogP contribution >= 0.6 is 0 Å². The quantitative estimate of drug-likeness (QED) is 0.839. The molecule has 0 aliphatic carbocycles. The number of aromatic nitrogens is 1. The molecule has 0 bridgehead atoms. The van der Waals surface area contributed by atoms with Crippen molar-refractivity contribution in [3.63, 3.8) is 0 Å². The van der Waals surface area contributed by atoms with E-state index in [0.717, 1.165) is 5.56 Å². The van der Waals surface area contributed by atoms with E-state index in [0.29, 0.717) is 17.0 Å². The summed E-state index contributed by atoms with van der Waals surface area (Å²) in [6.45, 7) is 1.72. The van der Waals surface area contributed by atoms with Crippen LogP contribution in [0.1, 0.15) is 11.3 Å². The molecule has 2 rings (SSSR count). The Labute approximate surface area is 100 Å². The molecule has 2 aromatic rings. The third kappa shape index (κ3) is 2.74. The Kier molecular flexibility index (Phi) is 3.02. The lowest BCUT2D eigenvalue weighted by molar-refractivity contribution is 0.398. The Morgan fingerprint density at radius 3 is 2.47 bits per heavy atom. The van der Waals surface area contributed by atoms with Crippen LogP contribution in [0, 0.1) is 6.92 Å². The molecule has 1 heterocycles. The molecule has 0 unspecified atom stereocenters. The van der Waals surface area contributed by atoms with Gasteiger partial charge in [-0.1, -0.05) is 35.5 Å². The third-order valence-electron chi connectivity index (χ3n) is 2.44. The second kappa shape index (κ2) is 4.33. The van der Waals surface area contributed by atoms with E-state index in [9.17, 15) is 8.42 Å². The monoisotopic (exact) mass is 251 g/mol. The molecule has 5 heteroatoms. The Morgan fingerprint density at radius 2 is 1.88 bits per heavy atom. The average Bonchev–Trinajstić information content (AvgIpc) is 2.60. The summed E-state index contributed by atoms with van der Waals surface area (Å²) in [6.07, 6.45) is 1.20. The van der Waals surface area contributed by atoms with Crippen molar-refractivity contribution in [3.8, 4) is 11.3 Å². The maximum Gasteiger partial charge on any atom is 0.151 e. The number of benzene rings is 1. The van der Waals surface area contributed by atoms with E-state index >= 15 is 0 Å². The molecule has 0 fully saturated rings. The first-order valence-electron chi connectivity index (χ1n) is 5.15. The summed E-state index contributed by atoms with van der Waals surface area (Å²) in [7, 11) is -3.10. The van der Waals surface area contributed by atoms with Gasteiger partial charge in [0.05, 0.1) is 5.75 Å². The fraction of sp³-hybridized carbons (Fsp3) is 0.250. The lowest BCUT2D eigenvalue weighted by Gasteiger charge is -2.01. The van der Waals surface area contributed by atoms with E-state index in [1.165, 1.54) is 6.26 Å². The van der Waals surface area contributed by atoms with Gasteiger partial charge in [-0.2, -0.15) is 0 Å². The summed E-state index contributed by atoms with van der Waals surface area (Å²) in [5.41, 5.74) is 2.11. The van der Waals surface area contributed by atoms with Gasteiger partial charge in [-0.05, 0) is 6.92 Å². The molecule has 0 aliphatic heterocycles. The number of sulfone groups is 1. The molecule has 0 saturated heterocycles. The summed E-state index contributed by atoms with van der Waals surface area (Å²) in [4.78, 5) is 0. The van der Waals surface area contributed by atoms with Gasteiger partial charge in [0.1, 0.15) is 11.5 Å². The molecule has 1 aromatic heterocycles. The number of rotatable bonds is 3. The number of hydrogen-bond acceptors (Lipinski definition) is 4. The van der Waals surface area contributed by atoms with E-state index < -0.39 is 9.84 Å². The van der Waals surface area contributed by atoms with Crippen LogP contribution < -0.4 is 0 Å². The molecule has 0 radical (unpaired) electrons. The standard InChI is InChI=1S/C12H13NO3S/c1-9-11(8-17(2,14)15)12(13-16-9)10-6-4-3-5-7-10/h3-7H,8H2,1-2H3. The predicted octanol–water partition coefficient (Wildman–Crippen LogP) is 2.19. The lowest BCUT2D eigenvalue weighted by atomic mass is 10.1. The summed E-state index contributed by atoms with van der Waals surface area (Å²) in [5.74, 6) is 0.501. The molecule has 90 valence electrons. The number of aryl methyl sites for hydroxylation is 1. The lowest BCUT2D eigenvalue weighted by Crippen LogP contribution is -2.02. The van der Waals surface area contributed by atoms with Crippen molar-refractivity contribution in [2.45, 2.75) is 12.7 Å². The Morgan fingerprint density at radius 1 is 1.24 bits per heavy atom. The molecule has 4 nitrogen and oxygen atoms in total. The van der Waals surface area contributed by atoms with Crippen LogP contribution in [-0.2, 0) is 15.6 Å². The van der Waals surface area contributed by atoms with Gasteiger partial charge in [-0.3, -0.25) is 0 Å². The van der Waals surface area contributed by atoms with Crippen LogP contribution in [0.15, 0.2) is 34.9 Å². The normalized spacial score (nSPS) is 11.6.